The highest BCUT2D eigenvalue weighted by Gasteiger charge is 2.19. The van der Waals surface area contributed by atoms with Crippen molar-refractivity contribution in [2.24, 2.45) is 0 Å². The molecule has 0 N–H and O–H groups in total. The maximum absolute atomic E-state index is 13.0. The Morgan fingerprint density at radius 2 is 1.59 bits per heavy atom. The standard InChI is InChI=1S/C17H21FN4/c1-13(2)21-9-11-22(12-10-21)17-8-7-16(19-20-17)14-3-5-15(18)6-4-14/h3-8,13H,9-12H2,1-2H3. The SMILES string of the molecule is CC(C)N1CCN(c2ccc(-c3ccc(F)cc3)nn2)CC1. The second kappa shape index (κ2) is 6.40. The Labute approximate surface area is 130 Å². The lowest BCUT2D eigenvalue weighted by Crippen LogP contribution is -2.49. The molecule has 0 bridgehead atoms. The monoisotopic (exact) mass is 300 g/mol. The van der Waals surface area contributed by atoms with E-state index in [4.69, 9.17) is 0 Å². The van der Waals surface area contributed by atoms with Gasteiger partial charge in [-0.05, 0) is 50.2 Å². The fraction of sp³-hybridized carbons (Fsp3) is 0.412. The summed E-state index contributed by atoms with van der Waals surface area (Å²) in [5.74, 6) is 0.672. The zero-order chi connectivity index (χ0) is 15.5. The van der Waals surface area contributed by atoms with Gasteiger partial charge in [-0.1, -0.05) is 0 Å². The molecule has 1 aliphatic rings. The van der Waals surface area contributed by atoms with Crippen LogP contribution in [0.4, 0.5) is 10.2 Å². The van der Waals surface area contributed by atoms with Gasteiger partial charge in [0.25, 0.3) is 0 Å². The molecule has 2 aromatic rings. The fourth-order valence-corrected chi connectivity index (χ4v) is 2.74. The van der Waals surface area contributed by atoms with Gasteiger partial charge in [0.05, 0.1) is 5.69 Å². The van der Waals surface area contributed by atoms with Crippen molar-refractivity contribution < 1.29 is 4.39 Å². The summed E-state index contributed by atoms with van der Waals surface area (Å²) in [6.07, 6.45) is 0. The number of aromatic nitrogens is 2. The van der Waals surface area contributed by atoms with Crippen molar-refractivity contribution in [2.75, 3.05) is 31.1 Å². The molecule has 0 radical (unpaired) electrons. The number of hydrogen-bond acceptors (Lipinski definition) is 4. The van der Waals surface area contributed by atoms with Gasteiger partial charge in [-0.15, -0.1) is 10.2 Å². The van der Waals surface area contributed by atoms with Gasteiger partial charge in [0.2, 0.25) is 0 Å². The molecule has 0 aliphatic carbocycles. The molecule has 0 saturated carbocycles. The zero-order valence-corrected chi connectivity index (χ0v) is 13.0. The lowest BCUT2D eigenvalue weighted by Gasteiger charge is -2.37. The summed E-state index contributed by atoms with van der Waals surface area (Å²) in [6.45, 7) is 8.52. The van der Waals surface area contributed by atoms with Crippen molar-refractivity contribution in [1.29, 1.82) is 0 Å². The topological polar surface area (TPSA) is 32.3 Å². The molecule has 1 aliphatic heterocycles. The van der Waals surface area contributed by atoms with E-state index in [1.165, 1.54) is 12.1 Å². The number of rotatable bonds is 3. The molecule has 0 atom stereocenters. The molecule has 1 saturated heterocycles. The third-order valence-electron chi connectivity index (χ3n) is 4.16. The van der Waals surface area contributed by atoms with Gasteiger partial charge in [0.15, 0.2) is 5.82 Å². The highest BCUT2D eigenvalue weighted by molar-refractivity contribution is 5.59. The van der Waals surface area contributed by atoms with Crippen LogP contribution in [0, 0.1) is 5.82 Å². The molecular weight excluding hydrogens is 279 g/mol. The van der Waals surface area contributed by atoms with Crippen molar-refractivity contribution in [3.05, 3.63) is 42.2 Å². The normalized spacial score (nSPS) is 16.3. The quantitative estimate of drug-likeness (QED) is 0.872. The van der Waals surface area contributed by atoms with Crippen LogP contribution in [-0.2, 0) is 0 Å². The zero-order valence-electron chi connectivity index (χ0n) is 13.0. The molecule has 2 heterocycles. The van der Waals surface area contributed by atoms with Gasteiger partial charge in [-0.3, -0.25) is 4.90 Å². The van der Waals surface area contributed by atoms with Gasteiger partial charge in [-0.25, -0.2) is 4.39 Å². The van der Waals surface area contributed by atoms with E-state index < -0.39 is 0 Å². The Morgan fingerprint density at radius 3 is 2.14 bits per heavy atom. The maximum Gasteiger partial charge on any atom is 0.151 e. The average Bonchev–Trinajstić information content (AvgIpc) is 2.56. The fourth-order valence-electron chi connectivity index (χ4n) is 2.74. The molecule has 5 heteroatoms. The largest absolute Gasteiger partial charge is 0.353 e. The molecule has 0 unspecified atom stereocenters. The van der Waals surface area contributed by atoms with Crippen molar-refractivity contribution in [2.45, 2.75) is 19.9 Å². The number of hydrogen-bond donors (Lipinski definition) is 0. The molecular formula is C17H21FN4. The number of anilines is 1. The lowest BCUT2D eigenvalue weighted by molar-refractivity contribution is 0.209. The van der Waals surface area contributed by atoms with Gasteiger partial charge in [-0.2, -0.15) is 0 Å². The highest BCUT2D eigenvalue weighted by Crippen LogP contribution is 2.20. The van der Waals surface area contributed by atoms with Crippen molar-refractivity contribution in [3.63, 3.8) is 0 Å². The van der Waals surface area contributed by atoms with E-state index in [1.54, 1.807) is 12.1 Å². The number of nitrogens with zero attached hydrogens (tertiary/aromatic N) is 4. The third-order valence-corrected chi connectivity index (χ3v) is 4.16. The van der Waals surface area contributed by atoms with Crippen LogP contribution in [0.1, 0.15) is 13.8 Å². The van der Waals surface area contributed by atoms with Crippen LogP contribution in [0.3, 0.4) is 0 Å². The Bertz CT molecular complexity index is 602. The first-order valence-corrected chi connectivity index (χ1v) is 7.72. The number of halogens is 1. The summed E-state index contributed by atoms with van der Waals surface area (Å²) in [6, 6.07) is 10.9. The summed E-state index contributed by atoms with van der Waals surface area (Å²) >= 11 is 0. The van der Waals surface area contributed by atoms with Crippen LogP contribution >= 0.6 is 0 Å². The van der Waals surface area contributed by atoms with Gasteiger partial charge < -0.3 is 4.90 Å². The Hall–Kier alpha value is -2.01. The van der Waals surface area contributed by atoms with Crippen LogP contribution in [0.2, 0.25) is 0 Å². The summed E-state index contributed by atoms with van der Waals surface area (Å²) in [5, 5.41) is 8.61. The third kappa shape index (κ3) is 3.25. The molecule has 22 heavy (non-hydrogen) atoms. The van der Waals surface area contributed by atoms with Crippen molar-refractivity contribution in [3.8, 4) is 11.3 Å². The van der Waals surface area contributed by atoms with Crippen LogP contribution < -0.4 is 4.90 Å². The average molecular weight is 300 g/mol. The predicted octanol–water partition coefficient (Wildman–Crippen LogP) is 2.81. The van der Waals surface area contributed by atoms with E-state index in [1.807, 2.05) is 12.1 Å². The van der Waals surface area contributed by atoms with Crippen LogP contribution in [0.25, 0.3) is 11.3 Å². The first-order chi connectivity index (χ1) is 10.6. The van der Waals surface area contributed by atoms with Crippen LogP contribution in [0.5, 0.6) is 0 Å². The van der Waals surface area contributed by atoms with Gasteiger partial charge in [0.1, 0.15) is 5.82 Å². The molecule has 0 amide bonds. The highest BCUT2D eigenvalue weighted by atomic mass is 19.1. The van der Waals surface area contributed by atoms with Crippen molar-refractivity contribution in [1.82, 2.24) is 15.1 Å². The second-order valence-corrected chi connectivity index (χ2v) is 5.90. The van der Waals surface area contributed by atoms with Crippen LogP contribution in [-0.4, -0.2) is 47.3 Å². The smallest absolute Gasteiger partial charge is 0.151 e. The first-order valence-electron chi connectivity index (χ1n) is 7.72. The molecule has 3 rings (SSSR count). The minimum atomic E-state index is -0.239. The first kappa shape index (κ1) is 14.9. The number of benzene rings is 1. The summed E-state index contributed by atoms with van der Waals surface area (Å²) in [4.78, 5) is 4.73. The van der Waals surface area contributed by atoms with Gasteiger partial charge >= 0.3 is 0 Å². The molecule has 1 aromatic carbocycles. The van der Waals surface area contributed by atoms with E-state index >= 15 is 0 Å². The minimum absolute atomic E-state index is 0.239. The molecule has 1 fully saturated rings. The summed E-state index contributed by atoms with van der Waals surface area (Å²) in [5.41, 5.74) is 1.65. The van der Waals surface area contributed by atoms with Crippen molar-refractivity contribution >= 4 is 5.82 Å². The maximum atomic E-state index is 13.0. The van der Waals surface area contributed by atoms with Gasteiger partial charge in [0, 0.05) is 37.8 Å². The van der Waals surface area contributed by atoms with Crippen LogP contribution in [0.15, 0.2) is 36.4 Å². The van der Waals surface area contributed by atoms with E-state index in [2.05, 4.69) is 33.8 Å². The van der Waals surface area contributed by atoms with E-state index in [0.717, 1.165) is 43.3 Å². The second-order valence-electron chi connectivity index (χ2n) is 5.90. The summed E-state index contributed by atoms with van der Waals surface area (Å²) < 4.78 is 13.0. The Balaban J connectivity index is 1.68. The molecule has 116 valence electrons. The van der Waals surface area contributed by atoms with E-state index in [9.17, 15) is 4.39 Å². The Kier molecular flexibility index (Phi) is 4.34. The molecule has 0 spiro atoms. The minimum Gasteiger partial charge on any atom is -0.353 e. The van der Waals surface area contributed by atoms with E-state index in [-0.39, 0.29) is 5.82 Å². The van der Waals surface area contributed by atoms with E-state index in [0.29, 0.717) is 6.04 Å². The molecule has 4 nitrogen and oxygen atoms in total. The summed E-state index contributed by atoms with van der Waals surface area (Å²) in [7, 11) is 0. The lowest BCUT2D eigenvalue weighted by atomic mass is 10.1. The Morgan fingerprint density at radius 1 is 0.909 bits per heavy atom. The number of piperazine rings is 1. The predicted molar refractivity (Wildman–Crippen MR) is 86.3 cm³/mol. The molecule has 1 aromatic heterocycles.